The first kappa shape index (κ1) is 16.1. The van der Waals surface area contributed by atoms with Gasteiger partial charge in [0.05, 0.1) is 11.5 Å². The predicted molar refractivity (Wildman–Crippen MR) is 73.7 cm³/mol. The number of aromatic nitrogens is 2. The summed E-state index contributed by atoms with van der Waals surface area (Å²) in [7, 11) is 0. The first-order chi connectivity index (χ1) is 9.39. The van der Waals surface area contributed by atoms with Crippen LogP contribution < -0.4 is 10.6 Å². The van der Waals surface area contributed by atoms with Crippen molar-refractivity contribution in [3.05, 3.63) is 16.3 Å². The second kappa shape index (κ2) is 6.96. The second-order valence-electron chi connectivity index (χ2n) is 4.62. The Bertz CT molecular complexity index is 466. The van der Waals surface area contributed by atoms with E-state index in [9.17, 15) is 15.2 Å². The molecule has 0 bridgehead atoms. The zero-order chi connectivity index (χ0) is 15.2. The third-order valence-corrected chi connectivity index (χ3v) is 2.48. The molecule has 0 aromatic carbocycles. The zero-order valence-corrected chi connectivity index (χ0v) is 11.5. The molecular formula is C11H19N5O4. The molecule has 0 spiro atoms. The normalized spacial score (nSPS) is 13.6. The molecule has 1 unspecified atom stereocenters. The molecule has 0 aliphatic carbocycles. The number of nitro groups is 1. The molecule has 0 aliphatic heterocycles. The number of anilines is 2. The Morgan fingerprint density at radius 1 is 1.50 bits per heavy atom. The van der Waals surface area contributed by atoms with Crippen LogP contribution in [0.4, 0.5) is 17.5 Å². The minimum absolute atomic E-state index is 0.00247. The molecular weight excluding hydrogens is 266 g/mol. The summed E-state index contributed by atoms with van der Waals surface area (Å²) in [6.45, 7) is 3.47. The van der Waals surface area contributed by atoms with Crippen LogP contribution in [-0.2, 0) is 0 Å². The van der Waals surface area contributed by atoms with E-state index in [2.05, 4.69) is 20.6 Å². The van der Waals surface area contributed by atoms with Gasteiger partial charge in [0, 0.05) is 13.1 Å². The van der Waals surface area contributed by atoms with Gasteiger partial charge in [-0.15, -0.1) is 0 Å². The average molecular weight is 285 g/mol. The molecule has 0 fully saturated rings. The van der Waals surface area contributed by atoms with Crippen LogP contribution in [0.3, 0.4) is 0 Å². The average Bonchev–Trinajstić information content (AvgIpc) is 2.42. The summed E-state index contributed by atoms with van der Waals surface area (Å²) < 4.78 is 0. The second-order valence-corrected chi connectivity index (χ2v) is 4.62. The molecule has 0 saturated carbocycles. The van der Waals surface area contributed by atoms with Crippen molar-refractivity contribution in [1.82, 2.24) is 9.97 Å². The number of nitrogens with one attached hydrogen (secondary N) is 2. The Morgan fingerprint density at radius 3 is 2.75 bits per heavy atom. The number of rotatable bonds is 8. The van der Waals surface area contributed by atoms with E-state index < -0.39 is 17.1 Å². The van der Waals surface area contributed by atoms with E-state index >= 15 is 0 Å². The summed E-state index contributed by atoms with van der Waals surface area (Å²) in [5.41, 5.74) is -1.68. The molecule has 4 N–H and O–H groups in total. The van der Waals surface area contributed by atoms with Gasteiger partial charge in [0.15, 0.2) is 0 Å². The van der Waals surface area contributed by atoms with Gasteiger partial charge in [-0.05, 0) is 13.3 Å². The highest BCUT2D eigenvalue weighted by atomic mass is 16.6. The molecule has 0 radical (unpaired) electrons. The summed E-state index contributed by atoms with van der Waals surface area (Å²) in [5, 5.41) is 35.1. The molecule has 9 heteroatoms. The lowest BCUT2D eigenvalue weighted by Gasteiger charge is -2.20. The Labute approximate surface area is 116 Å². The Morgan fingerprint density at radius 2 is 2.20 bits per heavy atom. The van der Waals surface area contributed by atoms with Gasteiger partial charge < -0.3 is 20.8 Å². The van der Waals surface area contributed by atoms with Gasteiger partial charge >= 0.3 is 5.69 Å². The van der Waals surface area contributed by atoms with E-state index in [0.717, 1.165) is 12.6 Å². The van der Waals surface area contributed by atoms with E-state index in [1.165, 1.54) is 6.92 Å². The molecule has 9 nitrogen and oxygen atoms in total. The number of hydrogen-bond donors (Lipinski definition) is 4. The molecule has 0 aliphatic rings. The van der Waals surface area contributed by atoms with Crippen molar-refractivity contribution in [3.8, 4) is 0 Å². The van der Waals surface area contributed by atoms with E-state index in [1.807, 2.05) is 6.92 Å². The minimum Gasteiger partial charge on any atom is -0.393 e. The fourth-order valence-corrected chi connectivity index (χ4v) is 1.29. The van der Waals surface area contributed by atoms with Gasteiger partial charge in [-0.3, -0.25) is 10.1 Å². The van der Waals surface area contributed by atoms with Crippen molar-refractivity contribution in [2.75, 3.05) is 30.3 Å². The van der Waals surface area contributed by atoms with Crippen LogP contribution in [0.5, 0.6) is 0 Å². The summed E-state index contributed by atoms with van der Waals surface area (Å²) in [6.07, 6.45) is 1.96. The predicted octanol–water partition coefficient (Wildman–Crippen LogP) is 0.362. The largest absolute Gasteiger partial charge is 0.393 e. The smallest absolute Gasteiger partial charge is 0.329 e. The molecule has 1 aromatic heterocycles. The van der Waals surface area contributed by atoms with Gasteiger partial charge in [0.1, 0.15) is 11.8 Å². The van der Waals surface area contributed by atoms with Crippen molar-refractivity contribution >= 4 is 17.5 Å². The Kier molecular flexibility index (Phi) is 5.59. The van der Waals surface area contributed by atoms with Crippen LogP contribution in [0, 0.1) is 10.1 Å². The Balaban J connectivity index is 2.91. The molecule has 0 amide bonds. The van der Waals surface area contributed by atoms with Crippen LogP contribution in [0.25, 0.3) is 0 Å². The molecule has 1 aromatic rings. The number of nitrogens with zero attached hydrogens (tertiary/aromatic N) is 3. The molecule has 112 valence electrons. The van der Waals surface area contributed by atoms with Gasteiger partial charge in [-0.2, -0.15) is 4.98 Å². The quantitative estimate of drug-likeness (QED) is 0.397. The SMILES string of the molecule is CCCNc1ncc([N+](=O)[O-])c(NCC(C)(O)CO)n1. The van der Waals surface area contributed by atoms with Crippen molar-refractivity contribution in [1.29, 1.82) is 0 Å². The van der Waals surface area contributed by atoms with E-state index in [-0.39, 0.29) is 24.0 Å². The topological polar surface area (TPSA) is 133 Å². The number of aliphatic hydroxyl groups excluding tert-OH is 1. The van der Waals surface area contributed by atoms with E-state index in [0.29, 0.717) is 6.54 Å². The first-order valence-corrected chi connectivity index (χ1v) is 6.22. The van der Waals surface area contributed by atoms with E-state index in [1.54, 1.807) is 0 Å². The summed E-state index contributed by atoms with van der Waals surface area (Å²) >= 11 is 0. The maximum Gasteiger partial charge on any atom is 0.329 e. The first-order valence-electron chi connectivity index (χ1n) is 6.22. The third-order valence-electron chi connectivity index (χ3n) is 2.48. The van der Waals surface area contributed by atoms with Crippen molar-refractivity contribution < 1.29 is 15.1 Å². The maximum atomic E-state index is 10.9. The number of aliphatic hydroxyl groups is 2. The minimum atomic E-state index is -1.39. The van der Waals surface area contributed by atoms with Crippen LogP contribution in [0.2, 0.25) is 0 Å². The summed E-state index contributed by atoms with van der Waals surface area (Å²) in [5.74, 6) is 0.265. The monoisotopic (exact) mass is 285 g/mol. The van der Waals surface area contributed by atoms with E-state index in [4.69, 9.17) is 5.11 Å². The van der Waals surface area contributed by atoms with Gasteiger partial charge in [-0.1, -0.05) is 6.92 Å². The van der Waals surface area contributed by atoms with Gasteiger partial charge in [0.25, 0.3) is 0 Å². The lowest BCUT2D eigenvalue weighted by atomic mass is 10.1. The zero-order valence-electron chi connectivity index (χ0n) is 11.5. The van der Waals surface area contributed by atoms with Crippen molar-refractivity contribution in [3.63, 3.8) is 0 Å². The standard InChI is InChI=1S/C11H19N5O4/c1-3-4-12-10-13-5-8(16(19)20)9(15-10)14-6-11(2,18)7-17/h5,17-18H,3-4,6-7H2,1-2H3,(H2,12,13,14,15). The third kappa shape index (κ3) is 4.59. The van der Waals surface area contributed by atoms with Crippen LogP contribution >= 0.6 is 0 Å². The van der Waals surface area contributed by atoms with Crippen molar-refractivity contribution in [2.45, 2.75) is 25.9 Å². The molecule has 1 atom stereocenters. The fraction of sp³-hybridized carbons (Fsp3) is 0.636. The van der Waals surface area contributed by atoms with Crippen molar-refractivity contribution in [2.24, 2.45) is 0 Å². The lowest BCUT2D eigenvalue weighted by molar-refractivity contribution is -0.384. The summed E-state index contributed by atoms with van der Waals surface area (Å²) in [4.78, 5) is 18.1. The number of hydrogen-bond acceptors (Lipinski definition) is 8. The molecule has 20 heavy (non-hydrogen) atoms. The van der Waals surface area contributed by atoms with Crippen LogP contribution in [-0.4, -0.2) is 50.4 Å². The molecule has 0 saturated heterocycles. The highest BCUT2D eigenvalue weighted by Gasteiger charge is 2.23. The molecule has 1 rings (SSSR count). The molecule has 1 heterocycles. The highest BCUT2D eigenvalue weighted by Crippen LogP contribution is 2.22. The van der Waals surface area contributed by atoms with Gasteiger partial charge in [-0.25, -0.2) is 4.98 Å². The lowest BCUT2D eigenvalue weighted by Crippen LogP contribution is -2.37. The highest BCUT2D eigenvalue weighted by molar-refractivity contribution is 5.57. The fourth-order valence-electron chi connectivity index (χ4n) is 1.29. The maximum absolute atomic E-state index is 10.9. The summed E-state index contributed by atoms with van der Waals surface area (Å²) in [6, 6.07) is 0. The van der Waals surface area contributed by atoms with Gasteiger partial charge in [0.2, 0.25) is 11.8 Å². The van der Waals surface area contributed by atoms with Crippen LogP contribution in [0.1, 0.15) is 20.3 Å². The Hall–Kier alpha value is -2.00. The van der Waals surface area contributed by atoms with Crippen LogP contribution in [0.15, 0.2) is 6.20 Å².